The number of carbonyl (C=O) groups excluding carboxylic acids is 1. The van der Waals surface area contributed by atoms with Gasteiger partial charge in [-0.25, -0.2) is 4.99 Å². The standard InChI is InChI=1S/C15H29N3O2S.HI/c1-6-16-14(17-10-13(19)20-15(2,3)4)18-11-7-8-12(9-11)21-5;/h11-12H,6-10H2,1-5H3,(H2,16,17,18);1H. The van der Waals surface area contributed by atoms with Gasteiger partial charge in [0.15, 0.2) is 5.96 Å². The van der Waals surface area contributed by atoms with E-state index in [0.717, 1.165) is 24.6 Å². The van der Waals surface area contributed by atoms with Crippen molar-refractivity contribution in [2.75, 3.05) is 19.3 Å². The molecule has 2 atom stereocenters. The lowest BCUT2D eigenvalue weighted by atomic mass is 10.2. The van der Waals surface area contributed by atoms with Crippen molar-refractivity contribution in [2.45, 2.75) is 63.9 Å². The fourth-order valence-electron chi connectivity index (χ4n) is 2.32. The SMILES string of the molecule is CCNC(=NCC(=O)OC(C)(C)C)NC1CCC(SC)C1.I. The van der Waals surface area contributed by atoms with Crippen LogP contribution in [0.4, 0.5) is 0 Å². The lowest BCUT2D eigenvalue weighted by Gasteiger charge is -2.20. The third kappa shape index (κ3) is 9.07. The van der Waals surface area contributed by atoms with E-state index in [1.165, 1.54) is 6.42 Å². The van der Waals surface area contributed by atoms with Crippen LogP contribution in [0, 0.1) is 0 Å². The van der Waals surface area contributed by atoms with Crippen molar-refractivity contribution in [1.82, 2.24) is 10.6 Å². The molecule has 1 aliphatic rings. The summed E-state index contributed by atoms with van der Waals surface area (Å²) in [5, 5.41) is 7.33. The number of aliphatic imine (C=N–C) groups is 1. The van der Waals surface area contributed by atoms with E-state index in [1.807, 2.05) is 39.5 Å². The molecule has 5 nitrogen and oxygen atoms in total. The van der Waals surface area contributed by atoms with Crippen molar-refractivity contribution in [3.63, 3.8) is 0 Å². The van der Waals surface area contributed by atoms with Gasteiger partial charge in [-0.1, -0.05) is 0 Å². The minimum atomic E-state index is -0.463. The number of thioether (sulfide) groups is 1. The summed E-state index contributed by atoms with van der Waals surface area (Å²) in [7, 11) is 0. The zero-order valence-corrected chi connectivity index (χ0v) is 17.4. The number of carbonyl (C=O) groups is 1. The van der Waals surface area contributed by atoms with Gasteiger partial charge in [0, 0.05) is 17.8 Å². The van der Waals surface area contributed by atoms with E-state index >= 15 is 0 Å². The van der Waals surface area contributed by atoms with Gasteiger partial charge < -0.3 is 15.4 Å². The molecule has 0 aromatic carbocycles. The van der Waals surface area contributed by atoms with Gasteiger partial charge in [-0.05, 0) is 53.2 Å². The highest BCUT2D eigenvalue weighted by atomic mass is 127. The van der Waals surface area contributed by atoms with E-state index in [2.05, 4.69) is 21.9 Å². The third-order valence-electron chi connectivity index (χ3n) is 3.19. The Labute approximate surface area is 155 Å². The van der Waals surface area contributed by atoms with Crippen LogP contribution in [-0.4, -0.2) is 48.2 Å². The van der Waals surface area contributed by atoms with E-state index in [1.54, 1.807) is 0 Å². The van der Waals surface area contributed by atoms with Crippen LogP contribution in [0.25, 0.3) is 0 Å². The minimum Gasteiger partial charge on any atom is -0.459 e. The van der Waals surface area contributed by atoms with Crippen LogP contribution in [0.15, 0.2) is 4.99 Å². The van der Waals surface area contributed by atoms with E-state index in [-0.39, 0.29) is 36.5 Å². The molecule has 0 spiro atoms. The van der Waals surface area contributed by atoms with Crippen molar-refractivity contribution in [3.05, 3.63) is 0 Å². The molecule has 0 amide bonds. The lowest BCUT2D eigenvalue weighted by Crippen LogP contribution is -2.43. The molecule has 0 saturated heterocycles. The van der Waals surface area contributed by atoms with Crippen molar-refractivity contribution >= 4 is 47.7 Å². The first-order chi connectivity index (χ1) is 9.84. The zero-order chi connectivity index (χ0) is 15.9. The molecule has 7 heteroatoms. The Balaban J connectivity index is 0.00000441. The highest BCUT2D eigenvalue weighted by Crippen LogP contribution is 2.27. The summed E-state index contributed by atoms with van der Waals surface area (Å²) in [5.74, 6) is 0.406. The predicted molar refractivity (Wildman–Crippen MR) is 105 cm³/mol. The normalized spacial score (nSPS) is 22.0. The summed E-state index contributed by atoms with van der Waals surface area (Å²) in [6, 6.07) is 0.443. The molecule has 0 aliphatic heterocycles. The number of guanidine groups is 1. The summed E-state index contributed by atoms with van der Waals surface area (Å²) in [6.07, 6.45) is 5.71. The first kappa shape index (κ1) is 21.8. The Bertz CT molecular complexity index is 372. The molecular weight excluding hydrogens is 413 g/mol. The fraction of sp³-hybridized carbons (Fsp3) is 0.867. The van der Waals surface area contributed by atoms with Gasteiger partial charge in [-0.15, -0.1) is 24.0 Å². The van der Waals surface area contributed by atoms with Gasteiger partial charge in [-0.3, -0.25) is 4.79 Å². The van der Waals surface area contributed by atoms with Crippen LogP contribution in [0.1, 0.15) is 47.0 Å². The third-order valence-corrected chi connectivity index (χ3v) is 4.28. The van der Waals surface area contributed by atoms with Gasteiger partial charge in [0.1, 0.15) is 12.1 Å². The molecule has 1 saturated carbocycles. The van der Waals surface area contributed by atoms with Crippen LogP contribution >= 0.6 is 35.7 Å². The number of rotatable bonds is 5. The highest BCUT2D eigenvalue weighted by Gasteiger charge is 2.24. The first-order valence-corrected chi connectivity index (χ1v) is 8.92. The topological polar surface area (TPSA) is 62.7 Å². The number of hydrogen-bond donors (Lipinski definition) is 2. The van der Waals surface area contributed by atoms with Crippen molar-refractivity contribution in [2.24, 2.45) is 4.99 Å². The largest absolute Gasteiger partial charge is 0.459 e. The number of nitrogens with zero attached hydrogens (tertiary/aromatic N) is 1. The van der Waals surface area contributed by atoms with Crippen LogP contribution in [0.2, 0.25) is 0 Å². The second kappa shape index (κ2) is 10.6. The Morgan fingerprint density at radius 2 is 2.05 bits per heavy atom. The molecule has 1 aliphatic carbocycles. The summed E-state index contributed by atoms with van der Waals surface area (Å²) in [6.45, 7) is 8.42. The quantitative estimate of drug-likeness (QED) is 0.296. The van der Waals surface area contributed by atoms with E-state index in [9.17, 15) is 4.79 Å². The molecule has 22 heavy (non-hydrogen) atoms. The van der Waals surface area contributed by atoms with Crippen LogP contribution < -0.4 is 10.6 Å². The minimum absolute atomic E-state index is 0. The number of nitrogens with one attached hydrogen (secondary N) is 2. The monoisotopic (exact) mass is 443 g/mol. The van der Waals surface area contributed by atoms with E-state index in [4.69, 9.17) is 4.74 Å². The van der Waals surface area contributed by atoms with Gasteiger partial charge in [-0.2, -0.15) is 11.8 Å². The Hall–Kier alpha value is -0.180. The molecule has 0 aromatic rings. The Morgan fingerprint density at radius 3 is 2.55 bits per heavy atom. The van der Waals surface area contributed by atoms with Gasteiger partial charge in [0.05, 0.1) is 0 Å². The van der Waals surface area contributed by atoms with Crippen molar-refractivity contribution < 1.29 is 9.53 Å². The number of hydrogen-bond acceptors (Lipinski definition) is 4. The maximum Gasteiger partial charge on any atom is 0.328 e. The maximum absolute atomic E-state index is 11.7. The van der Waals surface area contributed by atoms with Crippen molar-refractivity contribution in [1.29, 1.82) is 0 Å². The van der Waals surface area contributed by atoms with E-state index < -0.39 is 5.60 Å². The maximum atomic E-state index is 11.7. The fourth-order valence-corrected chi connectivity index (χ4v) is 3.11. The number of halogens is 1. The molecule has 130 valence electrons. The van der Waals surface area contributed by atoms with E-state index in [0.29, 0.717) is 12.0 Å². The Kier molecular flexibility index (Phi) is 10.5. The molecule has 0 aromatic heterocycles. The molecule has 1 fully saturated rings. The molecule has 1 rings (SSSR count). The second-order valence-electron chi connectivity index (χ2n) is 6.29. The summed E-state index contributed by atoms with van der Waals surface area (Å²) in [4.78, 5) is 16.0. The van der Waals surface area contributed by atoms with Gasteiger partial charge >= 0.3 is 5.97 Å². The Morgan fingerprint density at radius 1 is 1.36 bits per heavy atom. The predicted octanol–water partition coefficient (Wildman–Crippen LogP) is 2.79. The summed E-state index contributed by atoms with van der Waals surface area (Å²) >= 11 is 1.93. The van der Waals surface area contributed by atoms with Crippen LogP contribution in [0.5, 0.6) is 0 Å². The van der Waals surface area contributed by atoms with Gasteiger partial charge in [0.25, 0.3) is 0 Å². The zero-order valence-electron chi connectivity index (χ0n) is 14.3. The van der Waals surface area contributed by atoms with Crippen LogP contribution in [-0.2, 0) is 9.53 Å². The van der Waals surface area contributed by atoms with Crippen LogP contribution in [0.3, 0.4) is 0 Å². The molecule has 0 heterocycles. The molecule has 2 unspecified atom stereocenters. The first-order valence-electron chi connectivity index (χ1n) is 7.63. The second-order valence-corrected chi connectivity index (χ2v) is 7.43. The van der Waals surface area contributed by atoms with Gasteiger partial charge in [0.2, 0.25) is 0 Å². The number of esters is 1. The smallest absolute Gasteiger partial charge is 0.328 e. The molecule has 0 radical (unpaired) electrons. The molecule has 0 bridgehead atoms. The lowest BCUT2D eigenvalue weighted by molar-refractivity contribution is -0.152. The summed E-state index contributed by atoms with van der Waals surface area (Å²) in [5.41, 5.74) is -0.463. The average molecular weight is 443 g/mol. The summed E-state index contributed by atoms with van der Waals surface area (Å²) < 4.78 is 5.27. The molecular formula is C15H30IN3O2S. The number of ether oxygens (including phenoxy) is 1. The molecule has 2 N–H and O–H groups in total. The van der Waals surface area contributed by atoms with Crippen molar-refractivity contribution in [3.8, 4) is 0 Å². The highest BCUT2D eigenvalue weighted by molar-refractivity contribution is 14.0. The average Bonchev–Trinajstić information content (AvgIpc) is 2.82.